The number of phenolic OH excluding ortho intramolecular Hbond substituents is 1. The van der Waals surface area contributed by atoms with E-state index in [2.05, 4.69) is 96.1 Å². The zero-order chi connectivity index (χ0) is 25.9. The van der Waals surface area contributed by atoms with Crippen molar-refractivity contribution in [1.29, 1.82) is 0 Å². The molecule has 0 saturated carbocycles. The van der Waals surface area contributed by atoms with Crippen LogP contribution in [0.3, 0.4) is 0 Å². The second kappa shape index (κ2) is 8.35. The van der Waals surface area contributed by atoms with Gasteiger partial charge in [0.15, 0.2) is 0 Å². The van der Waals surface area contributed by atoms with Gasteiger partial charge in [-0.15, -0.1) is 0 Å². The van der Waals surface area contributed by atoms with E-state index in [1.54, 1.807) is 0 Å². The number of hydrogen-bond acceptors (Lipinski definition) is 3. The quantitative estimate of drug-likeness (QED) is 0.269. The summed E-state index contributed by atoms with van der Waals surface area (Å²) in [5.41, 5.74) is 9.11. The van der Waals surface area contributed by atoms with Crippen LogP contribution in [0.1, 0.15) is 25.0 Å². The highest BCUT2D eigenvalue weighted by molar-refractivity contribution is 5.89. The maximum atomic E-state index is 11.5. The van der Waals surface area contributed by atoms with Gasteiger partial charge in [0, 0.05) is 22.9 Å². The Bertz CT molecular complexity index is 1770. The van der Waals surface area contributed by atoms with Crippen molar-refractivity contribution in [2.24, 2.45) is 0 Å². The average molecular weight is 494 g/mol. The fraction of sp³-hybridized carbons (Fsp3) is 0.0882. The smallest absolute Gasteiger partial charge is 0.149 e. The van der Waals surface area contributed by atoms with Gasteiger partial charge in [-0.3, -0.25) is 4.57 Å². The van der Waals surface area contributed by atoms with Gasteiger partial charge in [0.2, 0.25) is 0 Å². The van der Waals surface area contributed by atoms with Gasteiger partial charge in [-0.25, -0.2) is 4.98 Å². The third-order valence-corrected chi connectivity index (χ3v) is 7.69. The largest absolute Gasteiger partial charge is 0.507 e. The number of para-hydroxylation sites is 5. The Morgan fingerprint density at radius 3 is 1.92 bits per heavy atom. The Morgan fingerprint density at radius 1 is 0.632 bits per heavy atom. The topological polar surface area (TPSA) is 41.3 Å². The highest BCUT2D eigenvalue weighted by Gasteiger charge is 2.36. The lowest BCUT2D eigenvalue weighted by atomic mass is 9.73. The fourth-order valence-electron chi connectivity index (χ4n) is 5.84. The normalized spacial score (nSPS) is 13.8. The van der Waals surface area contributed by atoms with Gasteiger partial charge < -0.3 is 10.0 Å². The molecule has 0 saturated heterocycles. The molecular formula is C34H27N3O. The van der Waals surface area contributed by atoms with Gasteiger partial charge in [-0.1, -0.05) is 80.6 Å². The monoisotopic (exact) mass is 493 g/mol. The van der Waals surface area contributed by atoms with Crippen LogP contribution in [0.25, 0.3) is 28.1 Å². The number of fused-ring (bicyclic) bond motifs is 3. The average Bonchev–Trinajstić information content (AvgIpc) is 3.33. The van der Waals surface area contributed by atoms with Crippen LogP contribution in [0.5, 0.6) is 5.75 Å². The van der Waals surface area contributed by atoms with Crippen molar-refractivity contribution < 1.29 is 5.11 Å². The first-order valence-corrected chi connectivity index (χ1v) is 12.9. The minimum Gasteiger partial charge on any atom is -0.507 e. The molecule has 2 heterocycles. The maximum absolute atomic E-state index is 11.5. The Morgan fingerprint density at radius 2 is 1.24 bits per heavy atom. The molecule has 38 heavy (non-hydrogen) atoms. The molecule has 0 aliphatic carbocycles. The molecule has 7 rings (SSSR count). The molecule has 0 unspecified atom stereocenters. The van der Waals surface area contributed by atoms with Crippen LogP contribution < -0.4 is 4.90 Å². The van der Waals surface area contributed by atoms with Crippen molar-refractivity contribution in [2.75, 3.05) is 4.90 Å². The Balaban J connectivity index is 1.42. The predicted octanol–water partition coefficient (Wildman–Crippen LogP) is 8.51. The molecule has 1 aliphatic heterocycles. The van der Waals surface area contributed by atoms with Crippen LogP contribution in [0, 0.1) is 0 Å². The first-order chi connectivity index (χ1) is 18.5. The number of nitrogens with zero attached hydrogens (tertiary/aromatic N) is 3. The third kappa shape index (κ3) is 3.27. The number of anilines is 3. The first-order valence-electron chi connectivity index (χ1n) is 12.9. The molecule has 1 aliphatic rings. The van der Waals surface area contributed by atoms with Gasteiger partial charge in [-0.2, -0.15) is 0 Å². The molecule has 184 valence electrons. The second-order valence-corrected chi connectivity index (χ2v) is 10.3. The summed E-state index contributed by atoms with van der Waals surface area (Å²) < 4.78 is 2.11. The molecule has 0 fully saturated rings. The number of hydrogen-bond donors (Lipinski definition) is 1. The molecule has 5 aromatic carbocycles. The van der Waals surface area contributed by atoms with Crippen LogP contribution in [-0.2, 0) is 5.41 Å². The molecule has 0 amide bonds. The number of aromatic nitrogens is 2. The molecular weight excluding hydrogens is 466 g/mol. The number of aromatic hydroxyl groups is 1. The van der Waals surface area contributed by atoms with Gasteiger partial charge in [0.1, 0.15) is 11.6 Å². The minimum atomic E-state index is -0.133. The van der Waals surface area contributed by atoms with Gasteiger partial charge >= 0.3 is 0 Å². The molecule has 6 aromatic rings. The van der Waals surface area contributed by atoms with Crippen LogP contribution in [-0.4, -0.2) is 14.7 Å². The van der Waals surface area contributed by atoms with E-state index in [0.717, 1.165) is 33.8 Å². The predicted molar refractivity (Wildman–Crippen MR) is 155 cm³/mol. The molecule has 4 nitrogen and oxygen atoms in total. The molecule has 0 atom stereocenters. The highest BCUT2D eigenvalue weighted by Crippen LogP contribution is 2.52. The highest BCUT2D eigenvalue weighted by atomic mass is 16.3. The van der Waals surface area contributed by atoms with E-state index in [1.807, 2.05) is 48.5 Å². The molecule has 4 heteroatoms. The van der Waals surface area contributed by atoms with Crippen molar-refractivity contribution in [3.63, 3.8) is 0 Å². The summed E-state index contributed by atoms with van der Waals surface area (Å²) in [6.07, 6.45) is 0. The standard InChI is InChI=1S/C34H27N3O/c1-34(2)26-14-6-9-17-29(26)36(30-18-10-7-15-27(30)34)24-20-21-25(32(38)22-24)33-35-28-16-8-11-19-31(28)37(33)23-12-4-3-5-13-23/h3-22,38H,1-2H3. The summed E-state index contributed by atoms with van der Waals surface area (Å²) in [6, 6.07) is 41.2. The van der Waals surface area contributed by atoms with E-state index in [4.69, 9.17) is 4.98 Å². The molecule has 0 bridgehead atoms. The molecule has 1 N–H and O–H groups in total. The van der Waals surface area contributed by atoms with E-state index < -0.39 is 0 Å². The second-order valence-electron chi connectivity index (χ2n) is 10.3. The van der Waals surface area contributed by atoms with Gasteiger partial charge in [0.05, 0.1) is 28.0 Å². The van der Waals surface area contributed by atoms with Crippen molar-refractivity contribution in [3.05, 3.63) is 132 Å². The van der Waals surface area contributed by atoms with E-state index in [0.29, 0.717) is 11.4 Å². The van der Waals surface area contributed by atoms with E-state index in [1.165, 1.54) is 11.1 Å². The van der Waals surface area contributed by atoms with Crippen molar-refractivity contribution in [1.82, 2.24) is 9.55 Å². The molecule has 0 spiro atoms. The lowest BCUT2D eigenvalue weighted by molar-refractivity contribution is 0.477. The first kappa shape index (κ1) is 22.4. The lowest BCUT2D eigenvalue weighted by Crippen LogP contribution is -2.30. The molecule has 0 radical (unpaired) electrons. The zero-order valence-corrected chi connectivity index (χ0v) is 21.3. The Labute approximate surface area is 222 Å². The number of phenols is 1. The van der Waals surface area contributed by atoms with Crippen molar-refractivity contribution >= 4 is 28.1 Å². The maximum Gasteiger partial charge on any atom is 0.149 e. The molecule has 1 aromatic heterocycles. The van der Waals surface area contributed by atoms with Crippen LogP contribution >= 0.6 is 0 Å². The van der Waals surface area contributed by atoms with E-state index in [-0.39, 0.29) is 11.2 Å². The minimum absolute atomic E-state index is 0.133. The Hall–Kier alpha value is -4.83. The summed E-state index contributed by atoms with van der Waals surface area (Å²) in [6.45, 7) is 4.55. The SMILES string of the molecule is CC1(C)c2ccccc2N(c2ccc(-c3nc4ccccc4n3-c3ccccc3)c(O)c2)c2ccccc21. The van der Waals surface area contributed by atoms with E-state index >= 15 is 0 Å². The van der Waals surface area contributed by atoms with Crippen LogP contribution in [0.2, 0.25) is 0 Å². The fourth-order valence-corrected chi connectivity index (χ4v) is 5.84. The van der Waals surface area contributed by atoms with E-state index in [9.17, 15) is 5.11 Å². The third-order valence-electron chi connectivity index (χ3n) is 7.69. The zero-order valence-electron chi connectivity index (χ0n) is 21.3. The number of imidazole rings is 1. The number of rotatable bonds is 3. The summed E-state index contributed by atoms with van der Waals surface area (Å²) in [5, 5.41) is 11.5. The van der Waals surface area contributed by atoms with Crippen LogP contribution in [0.15, 0.2) is 121 Å². The summed E-state index contributed by atoms with van der Waals surface area (Å²) >= 11 is 0. The number of benzene rings is 5. The van der Waals surface area contributed by atoms with Crippen molar-refractivity contribution in [2.45, 2.75) is 19.3 Å². The lowest BCUT2D eigenvalue weighted by Gasteiger charge is -2.42. The summed E-state index contributed by atoms with van der Waals surface area (Å²) in [4.78, 5) is 7.19. The van der Waals surface area contributed by atoms with Crippen molar-refractivity contribution in [3.8, 4) is 22.8 Å². The van der Waals surface area contributed by atoms with Gasteiger partial charge in [-0.05, 0) is 59.7 Å². The Kier molecular flexibility index (Phi) is 4.92. The summed E-state index contributed by atoms with van der Waals surface area (Å²) in [5.74, 6) is 0.900. The summed E-state index contributed by atoms with van der Waals surface area (Å²) in [7, 11) is 0. The van der Waals surface area contributed by atoms with Gasteiger partial charge in [0.25, 0.3) is 0 Å². The van der Waals surface area contributed by atoms with Crippen LogP contribution in [0.4, 0.5) is 17.1 Å².